The van der Waals surface area contributed by atoms with E-state index in [4.69, 9.17) is 0 Å². The van der Waals surface area contributed by atoms with Crippen LogP contribution in [0.2, 0.25) is 0 Å². The van der Waals surface area contributed by atoms with E-state index in [0.717, 1.165) is 12.8 Å². The van der Waals surface area contributed by atoms with E-state index in [1.54, 1.807) is 0 Å². The van der Waals surface area contributed by atoms with Gasteiger partial charge in [0.2, 0.25) is 0 Å². The third kappa shape index (κ3) is 5.48. The van der Waals surface area contributed by atoms with Gasteiger partial charge in [-0.25, -0.2) is 0 Å². The molecule has 0 saturated heterocycles. The third-order valence-corrected chi connectivity index (χ3v) is 0.752. The first kappa shape index (κ1) is 7.48. The van der Waals surface area contributed by atoms with Crippen LogP contribution in [0.25, 0.3) is 0 Å². The van der Waals surface area contributed by atoms with Crippen molar-refractivity contribution >= 4 is 0 Å². The Balaban J connectivity index is 3.16. The van der Waals surface area contributed by atoms with Gasteiger partial charge in [0.05, 0.1) is 0 Å². The molecular weight excluding hydrogens is 96.1 g/mol. The van der Waals surface area contributed by atoms with Crippen LogP contribution in [0.3, 0.4) is 0 Å². The smallest absolute Gasteiger partial charge is 0.00730 e. The summed E-state index contributed by atoms with van der Waals surface area (Å²) in [7, 11) is 0. The Labute approximate surface area is 51.9 Å². The lowest BCUT2D eigenvalue weighted by molar-refractivity contribution is 1.14. The lowest BCUT2D eigenvalue weighted by Crippen LogP contribution is -1.66. The summed E-state index contributed by atoms with van der Waals surface area (Å²) in [6, 6.07) is 0. The molecule has 0 atom stereocenters. The van der Waals surface area contributed by atoms with Gasteiger partial charge in [-0.1, -0.05) is 25.2 Å². The molecule has 0 rings (SSSR count). The molecule has 0 aliphatic heterocycles. The van der Waals surface area contributed by atoms with Crippen LogP contribution in [0.4, 0.5) is 0 Å². The van der Waals surface area contributed by atoms with E-state index in [2.05, 4.69) is 19.6 Å². The Morgan fingerprint density at radius 3 is 2.75 bits per heavy atom. The Hall–Kier alpha value is -0.520. The summed E-state index contributed by atoms with van der Waals surface area (Å²) >= 11 is 0. The second-order valence-electron chi connectivity index (χ2n) is 1.95. The van der Waals surface area contributed by atoms with Crippen LogP contribution < -0.4 is 0 Å². The minimum absolute atomic E-state index is 0.911. The first-order valence-electron chi connectivity index (χ1n) is 2.96. The van der Waals surface area contributed by atoms with Gasteiger partial charge in [-0.05, 0) is 25.8 Å². The molecule has 0 aliphatic rings. The molecule has 0 aromatic carbocycles. The van der Waals surface area contributed by atoms with E-state index in [0.29, 0.717) is 0 Å². The summed E-state index contributed by atoms with van der Waals surface area (Å²) in [5.74, 6) is 0. The highest BCUT2D eigenvalue weighted by atomic mass is 13.8. The van der Waals surface area contributed by atoms with Crippen molar-refractivity contribution in [3.05, 3.63) is 24.3 Å². The summed E-state index contributed by atoms with van der Waals surface area (Å²) in [6.45, 7) is 7.86. The van der Waals surface area contributed by atoms with Gasteiger partial charge in [0, 0.05) is 0 Å². The highest BCUT2D eigenvalue weighted by Crippen LogP contribution is 1.94. The van der Waals surface area contributed by atoms with Gasteiger partial charge >= 0.3 is 0 Å². The first-order chi connectivity index (χ1) is 3.77. The summed E-state index contributed by atoms with van der Waals surface area (Å²) in [4.78, 5) is 0. The number of hydrogen-bond acceptors (Lipinski definition) is 0. The van der Waals surface area contributed by atoms with E-state index in [9.17, 15) is 0 Å². The maximum atomic E-state index is 3.74. The normalized spacial score (nSPS) is 10.2. The minimum atomic E-state index is 0.911. The Kier molecular flexibility index (Phi) is 4.33. The molecule has 0 bridgehead atoms. The SMILES string of the molecule is C=C(C)C/[C]=C/CC. The Morgan fingerprint density at radius 1 is 1.75 bits per heavy atom. The molecule has 0 aromatic heterocycles. The molecule has 0 aliphatic carbocycles. The van der Waals surface area contributed by atoms with Gasteiger partial charge in [-0.3, -0.25) is 0 Å². The quantitative estimate of drug-likeness (QED) is 0.489. The molecule has 0 amide bonds. The fourth-order valence-corrected chi connectivity index (χ4v) is 0.391. The maximum absolute atomic E-state index is 3.74. The minimum Gasteiger partial charge on any atom is -0.0998 e. The summed E-state index contributed by atoms with van der Waals surface area (Å²) in [6.07, 6.45) is 7.13. The molecular formula is C8H13. The van der Waals surface area contributed by atoms with Crippen molar-refractivity contribution in [2.75, 3.05) is 0 Å². The third-order valence-electron chi connectivity index (χ3n) is 0.752. The predicted octanol–water partition coefficient (Wildman–Crippen LogP) is 2.72. The van der Waals surface area contributed by atoms with Crippen LogP contribution in [-0.2, 0) is 0 Å². The second kappa shape index (κ2) is 4.63. The lowest BCUT2D eigenvalue weighted by Gasteiger charge is -1.85. The van der Waals surface area contributed by atoms with E-state index in [-0.39, 0.29) is 0 Å². The molecule has 45 valence electrons. The predicted molar refractivity (Wildman–Crippen MR) is 37.5 cm³/mol. The van der Waals surface area contributed by atoms with Crippen LogP contribution in [0.1, 0.15) is 26.7 Å². The van der Waals surface area contributed by atoms with Crippen LogP contribution in [0.15, 0.2) is 18.2 Å². The van der Waals surface area contributed by atoms with Gasteiger partial charge in [0.25, 0.3) is 0 Å². The number of rotatable bonds is 3. The average molecular weight is 109 g/mol. The van der Waals surface area contributed by atoms with Crippen molar-refractivity contribution in [1.29, 1.82) is 0 Å². The molecule has 0 fully saturated rings. The zero-order valence-corrected chi connectivity index (χ0v) is 5.70. The van der Waals surface area contributed by atoms with Crippen molar-refractivity contribution in [2.45, 2.75) is 26.7 Å². The zero-order valence-electron chi connectivity index (χ0n) is 5.70. The fourth-order valence-electron chi connectivity index (χ4n) is 0.391. The Bertz CT molecular complexity index is 88.2. The van der Waals surface area contributed by atoms with Gasteiger partial charge in [0.15, 0.2) is 0 Å². The van der Waals surface area contributed by atoms with Gasteiger partial charge < -0.3 is 0 Å². The van der Waals surface area contributed by atoms with Crippen molar-refractivity contribution in [3.8, 4) is 0 Å². The maximum Gasteiger partial charge on any atom is -0.00730 e. The number of hydrogen-bond donors (Lipinski definition) is 0. The van der Waals surface area contributed by atoms with Crippen molar-refractivity contribution in [3.63, 3.8) is 0 Å². The molecule has 0 saturated carbocycles. The topological polar surface area (TPSA) is 0 Å². The first-order valence-corrected chi connectivity index (χ1v) is 2.96. The van der Waals surface area contributed by atoms with Crippen LogP contribution in [-0.4, -0.2) is 0 Å². The second-order valence-corrected chi connectivity index (χ2v) is 1.95. The van der Waals surface area contributed by atoms with Crippen LogP contribution in [0.5, 0.6) is 0 Å². The largest absolute Gasteiger partial charge is 0.0998 e. The van der Waals surface area contributed by atoms with Gasteiger partial charge in [0.1, 0.15) is 0 Å². The average Bonchev–Trinajstić information content (AvgIpc) is 1.66. The standard InChI is InChI=1S/C8H13/c1-4-5-6-7-8(2)3/h5H,2,4,7H2,1,3H3. The molecule has 0 nitrogen and oxygen atoms in total. The van der Waals surface area contributed by atoms with E-state index >= 15 is 0 Å². The van der Waals surface area contributed by atoms with E-state index < -0.39 is 0 Å². The molecule has 8 heavy (non-hydrogen) atoms. The molecule has 0 aromatic rings. The lowest BCUT2D eigenvalue weighted by atomic mass is 10.2. The molecule has 0 spiro atoms. The van der Waals surface area contributed by atoms with Crippen molar-refractivity contribution in [1.82, 2.24) is 0 Å². The Morgan fingerprint density at radius 2 is 2.38 bits per heavy atom. The highest BCUT2D eigenvalue weighted by Gasteiger charge is 1.76. The van der Waals surface area contributed by atoms with E-state index in [1.807, 2.05) is 13.0 Å². The molecule has 0 heterocycles. The van der Waals surface area contributed by atoms with Crippen LogP contribution in [0, 0.1) is 6.08 Å². The summed E-state index contributed by atoms with van der Waals surface area (Å²) in [5.41, 5.74) is 1.18. The molecule has 0 unspecified atom stereocenters. The monoisotopic (exact) mass is 109 g/mol. The summed E-state index contributed by atoms with van der Waals surface area (Å²) in [5, 5.41) is 0. The van der Waals surface area contributed by atoms with Crippen molar-refractivity contribution in [2.24, 2.45) is 0 Å². The summed E-state index contributed by atoms with van der Waals surface area (Å²) < 4.78 is 0. The van der Waals surface area contributed by atoms with Gasteiger partial charge in [-0.2, -0.15) is 0 Å². The molecule has 1 radical (unpaired) electrons. The molecule has 0 heteroatoms. The zero-order chi connectivity index (χ0) is 6.41. The van der Waals surface area contributed by atoms with Crippen LogP contribution >= 0.6 is 0 Å². The highest BCUT2D eigenvalue weighted by molar-refractivity contribution is 4.93. The number of allylic oxidation sites excluding steroid dienone is 3. The van der Waals surface area contributed by atoms with E-state index in [1.165, 1.54) is 5.57 Å². The van der Waals surface area contributed by atoms with Crippen molar-refractivity contribution < 1.29 is 0 Å². The van der Waals surface area contributed by atoms with Gasteiger partial charge in [-0.15, -0.1) is 0 Å². The fraction of sp³-hybridized carbons (Fsp3) is 0.500. The molecule has 0 N–H and O–H groups in total.